The quantitative estimate of drug-likeness (QED) is 0.754. The Balaban J connectivity index is 0.00000144. The van der Waals surface area contributed by atoms with Crippen LogP contribution >= 0.6 is 46.6 Å². The summed E-state index contributed by atoms with van der Waals surface area (Å²) in [5.74, 6) is 0.0197. The van der Waals surface area contributed by atoms with E-state index in [1.165, 1.54) is 0 Å². The Bertz CT molecular complexity index is 428. The zero-order chi connectivity index (χ0) is 11.7. The molecule has 1 aliphatic rings. The third kappa shape index (κ3) is 3.47. The molecular weight excluding hydrogens is 374 g/mol. The van der Waals surface area contributed by atoms with E-state index in [1.807, 2.05) is 6.07 Å². The van der Waals surface area contributed by atoms with Gasteiger partial charge in [0, 0.05) is 28.3 Å². The maximum atomic E-state index is 12.1. The fourth-order valence-corrected chi connectivity index (χ4v) is 2.30. The first-order valence-corrected chi connectivity index (χ1v) is 6.53. The Morgan fingerprint density at radius 3 is 2.76 bits per heavy atom. The first-order chi connectivity index (χ1) is 7.58. The fraction of sp³-hybridized carbons (Fsp3) is 0.364. The van der Waals surface area contributed by atoms with Crippen LogP contribution in [0.1, 0.15) is 16.8 Å². The van der Waals surface area contributed by atoms with Crippen molar-refractivity contribution in [2.75, 3.05) is 13.1 Å². The van der Waals surface area contributed by atoms with Gasteiger partial charge in [-0.25, -0.2) is 0 Å². The number of benzene rings is 1. The van der Waals surface area contributed by atoms with Crippen LogP contribution in [0.15, 0.2) is 18.2 Å². The minimum absolute atomic E-state index is 0. The van der Waals surface area contributed by atoms with E-state index in [0.717, 1.165) is 16.5 Å². The molecule has 2 rings (SSSR count). The van der Waals surface area contributed by atoms with E-state index in [0.29, 0.717) is 17.1 Å². The summed E-state index contributed by atoms with van der Waals surface area (Å²) in [5, 5.41) is 0.620. The van der Waals surface area contributed by atoms with E-state index in [9.17, 15) is 4.79 Å². The molecule has 0 saturated carbocycles. The van der Waals surface area contributed by atoms with Crippen molar-refractivity contribution in [3.05, 3.63) is 32.4 Å². The zero-order valence-electron chi connectivity index (χ0n) is 9.03. The molecule has 0 aliphatic carbocycles. The summed E-state index contributed by atoms with van der Waals surface area (Å²) in [5.41, 5.74) is 6.41. The molecule has 1 aromatic carbocycles. The highest BCUT2D eigenvalue weighted by Crippen LogP contribution is 2.21. The number of hydrogen-bond donors (Lipinski definition) is 1. The number of halogens is 3. The van der Waals surface area contributed by atoms with E-state index < -0.39 is 0 Å². The molecule has 1 aromatic rings. The Kier molecular flexibility index (Phi) is 5.50. The monoisotopic (exact) mass is 386 g/mol. The number of carbonyl (C=O) groups excluding carboxylic acids is 1. The zero-order valence-corrected chi connectivity index (χ0v) is 12.8. The molecule has 0 radical (unpaired) electrons. The molecular formula is C11H13Cl2IN2O. The fourth-order valence-electron chi connectivity index (χ4n) is 1.78. The van der Waals surface area contributed by atoms with Gasteiger partial charge in [-0.05, 0) is 47.2 Å². The van der Waals surface area contributed by atoms with E-state index in [2.05, 4.69) is 22.6 Å². The lowest BCUT2D eigenvalue weighted by Gasteiger charge is -2.15. The van der Waals surface area contributed by atoms with Gasteiger partial charge >= 0.3 is 0 Å². The summed E-state index contributed by atoms with van der Waals surface area (Å²) in [6, 6.07) is 5.49. The van der Waals surface area contributed by atoms with Crippen LogP contribution in [0.25, 0.3) is 0 Å². The Hall–Kier alpha value is -0.0400. The number of nitrogens with two attached hydrogens (primary N) is 1. The third-order valence-corrected chi connectivity index (χ3v) is 4.25. The highest BCUT2D eigenvalue weighted by molar-refractivity contribution is 14.1. The summed E-state index contributed by atoms with van der Waals surface area (Å²) >= 11 is 8.13. The molecule has 0 aromatic heterocycles. The van der Waals surface area contributed by atoms with E-state index in [1.54, 1.807) is 17.0 Å². The number of rotatable bonds is 1. The summed E-state index contributed by atoms with van der Waals surface area (Å²) < 4.78 is 0.953. The van der Waals surface area contributed by atoms with Gasteiger partial charge in [-0.2, -0.15) is 0 Å². The maximum Gasteiger partial charge on any atom is 0.253 e. The van der Waals surface area contributed by atoms with Gasteiger partial charge in [0.25, 0.3) is 5.91 Å². The normalized spacial score (nSPS) is 19.0. The topological polar surface area (TPSA) is 46.3 Å². The largest absolute Gasteiger partial charge is 0.337 e. The molecule has 1 saturated heterocycles. The first-order valence-electron chi connectivity index (χ1n) is 5.08. The second-order valence-electron chi connectivity index (χ2n) is 3.93. The average molecular weight is 387 g/mol. The SMILES string of the molecule is Cl.N[C@H]1CCN(C(=O)c2ccc(I)c(Cl)c2)C1. The van der Waals surface area contributed by atoms with Gasteiger partial charge in [0.2, 0.25) is 0 Å². The highest BCUT2D eigenvalue weighted by atomic mass is 127. The van der Waals surface area contributed by atoms with Gasteiger partial charge in [0.1, 0.15) is 0 Å². The molecule has 6 heteroatoms. The van der Waals surface area contributed by atoms with Crippen LogP contribution in [0.4, 0.5) is 0 Å². The molecule has 1 fully saturated rings. The van der Waals surface area contributed by atoms with Gasteiger partial charge in [-0.1, -0.05) is 11.6 Å². The molecule has 2 N–H and O–H groups in total. The molecule has 3 nitrogen and oxygen atoms in total. The molecule has 0 spiro atoms. The van der Waals surface area contributed by atoms with E-state index in [-0.39, 0.29) is 24.4 Å². The first kappa shape index (κ1) is 15.0. The van der Waals surface area contributed by atoms with Crippen LogP contribution in [0.5, 0.6) is 0 Å². The maximum absolute atomic E-state index is 12.1. The van der Waals surface area contributed by atoms with Gasteiger partial charge < -0.3 is 10.6 Å². The molecule has 0 unspecified atom stereocenters. The summed E-state index contributed by atoms with van der Waals surface area (Å²) in [4.78, 5) is 13.8. The van der Waals surface area contributed by atoms with Crippen molar-refractivity contribution in [1.29, 1.82) is 0 Å². The number of hydrogen-bond acceptors (Lipinski definition) is 2. The lowest BCUT2D eigenvalue weighted by molar-refractivity contribution is 0.0791. The van der Waals surface area contributed by atoms with Gasteiger partial charge in [-0.15, -0.1) is 12.4 Å². The second-order valence-corrected chi connectivity index (χ2v) is 5.50. The lowest BCUT2D eigenvalue weighted by atomic mass is 10.2. The molecule has 1 heterocycles. The van der Waals surface area contributed by atoms with Crippen LogP contribution in [0.3, 0.4) is 0 Å². The standard InChI is InChI=1S/C11H12ClIN2O.ClH/c12-9-5-7(1-2-10(9)13)11(16)15-4-3-8(14)6-15;/h1-2,5,8H,3-4,6,14H2;1H/t8-;/m0./s1. The number of carbonyl (C=O) groups is 1. The van der Waals surface area contributed by atoms with Crippen molar-refractivity contribution in [3.63, 3.8) is 0 Å². The van der Waals surface area contributed by atoms with Crippen LogP contribution in [0.2, 0.25) is 5.02 Å². The summed E-state index contributed by atoms with van der Waals surface area (Å²) in [7, 11) is 0. The van der Waals surface area contributed by atoms with Crippen molar-refractivity contribution in [3.8, 4) is 0 Å². The average Bonchev–Trinajstić information content (AvgIpc) is 2.68. The van der Waals surface area contributed by atoms with Crippen LogP contribution in [-0.2, 0) is 0 Å². The van der Waals surface area contributed by atoms with E-state index in [4.69, 9.17) is 17.3 Å². The predicted octanol–water partition coefficient (Wildman–Crippen LogP) is 2.54. The minimum atomic E-state index is 0. The van der Waals surface area contributed by atoms with Crippen molar-refractivity contribution in [1.82, 2.24) is 4.90 Å². The van der Waals surface area contributed by atoms with Crippen molar-refractivity contribution in [2.24, 2.45) is 5.73 Å². The summed E-state index contributed by atoms with van der Waals surface area (Å²) in [6.45, 7) is 1.38. The molecule has 17 heavy (non-hydrogen) atoms. The van der Waals surface area contributed by atoms with E-state index >= 15 is 0 Å². The smallest absolute Gasteiger partial charge is 0.253 e. The molecule has 0 bridgehead atoms. The highest BCUT2D eigenvalue weighted by Gasteiger charge is 2.24. The third-order valence-electron chi connectivity index (χ3n) is 2.68. The lowest BCUT2D eigenvalue weighted by Crippen LogP contribution is -2.31. The van der Waals surface area contributed by atoms with Gasteiger partial charge in [0.05, 0.1) is 5.02 Å². The Morgan fingerprint density at radius 1 is 1.53 bits per heavy atom. The summed E-state index contributed by atoms with van der Waals surface area (Å²) in [6.07, 6.45) is 0.879. The van der Waals surface area contributed by atoms with Crippen molar-refractivity contribution in [2.45, 2.75) is 12.5 Å². The van der Waals surface area contributed by atoms with Gasteiger partial charge in [0.15, 0.2) is 0 Å². The van der Waals surface area contributed by atoms with Crippen LogP contribution in [-0.4, -0.2) is 29.9 Å². The Morgan fingerprint density at radius 2 is 2.24 bits per heavy atom. The van der Waals surface area contributed by atoms with Crippen LogP contribution < -0.4 is 5.73 Å². The predicted molar refractivity (Wildman–Crippen MR) is 79.9 cm³/mol. The Labute approximate surface area is 125 Å². The minimum Gasteiger partial charge on any atom is -0.337 e. The van der Waals surface area contributed by atoms with Crippen molar-refractivity contribution < 1.29 is 4.79 Å². The van der Waals surface area contributed by atoms with Crippen LogP contribution in [0, 0.1) is 3.57 Å². The van der Waals surface area contributed by atoms with Crippen molar-refractivity contribution >= 4 is 52.5 Å². The molecule has 1 aliphatic heterocycles. The number of nitrogens with zero attached hydrogens (tertiary/aromatic N) is 1. The second kappa shape index (κ2) is 6.22. The molecule has 94 valence electrons. The van der Waals surface area contributed by atoms with Gasteiger partial charge in [-0.3, -0.25) is 4.79 Å². The molecule has 1 atom stereocenters. The number of amides is 1. The number of likely N-dealkylation sites (tertiary alicyclic amines) is 1. The molecule has 1 amide bonds.